The molecule has 0 heterocycles. The van der Waals surface area contributed by atoms with E-state index < -0.39 is 4.92 Å². The van der Waals surface area contributed by atoms with Crippen LogP contribution in [0.15, 0.2) is 72.8 Å². The minimum atomic E-state index is -0.475. The zero-order valence-electron chi connectivity index (χ0n) is 19.9. The lowest BCUT2D eigenvalue weighted by Crippen LogP contribution is -2.52. The summed E-state index contributed by atoms with van der Waals surface area (Å²) >= 11 is 0. The summed E-state index contributed by atoms with van der Waals surface area (Å²) in [5.41, 5.74) is 3.41. The maximum atomic E-state index is 13.7. The van der Waals surface area contributed by atoms with Crippen molar-refractivity contribution >= 4 is 17.5 Å². The first kappa shape index (κ1) is 24.6. The molecular weight excluding hydrogens is 430 g/mol. The Kier molecular flexibility index (Phi) is 7.79. The normalized spacial score (nSPS) is 10.7. The molecule has 34 heavy (non-hydrogen) atoms. The molecule has 0 atom stereocenters. The van der Waals surface area contributed by atoms with Gasteiger partial charge in [-0.05, 0) is 62.6 Å². The van der Waals surface area contributed by atoms with Crippen molar-refractivity contribution in [3.8, 4) is 0 Å². The lowest BCUT2D eigenvalue weighted by Gasteiger charge is -2.38. The molecule has 7 heteroatoms. The van der Waals surface area contributed by atoms with Crippen LogP contribution in [0.1, 0.15) is 58.2 Å². The van der Waals surface area contributed by atoms with E-state index in [0.717, 1.165) is 17.5 Å². The van der Waals surface area contributed by atoms with E-state index in [-0.39, 0.29) is 30.1 Å². The van der Waals surface area contributed by atoms with Gasteiger partial charge in [0.1, 0.15) is 0 Å². The van der Waals surface area contributed by atoms with Gasteiger partial charge in [0, 0.05) is 29.3 Å². The van der Waals surface area contributed by atoms with Crippen LogP contribution in [-0.2, 0) is 13.0 Å². The van der Waals surface area contributed by atoms with E-state index in [1.807, 2.05) is 45.9 Å². The van der Waals surface area contributed by atoms with E-state index in [0.29, 0.717) is 16.7 Å². The summed E-state index contributed by atoms with van der Waals surface area (Å²) in [6.45, 7) is 7.61. The van der Waals surface area contributed by atoms with Crippen LogP contribution < -0.4 is 0 Å². The van der Waals surface area contributed by atoms with Crippen LogP contribution in [0, 0.1) is 17.0 Å². The Bertz CT molecular complexity index is 1190. The maximum absolute atomic E-state index is 13.7. The molecule has 0 aliphatic heterocycles. The molecule has 0 saturated carbocycles. The van der Waals surface area contributed by atoms with Crippen LogP contribution in [-0.4, -0.2) is 32.8 Å². The van der Waals surface area contributed by atoms with Gasteiger partial charge in [0.15, 0.2) is 0 Å². The summed E-state index contributed by atoms with van der Waals surface area (Å²) < 4.78 is 0. The van der Waals surface area contributed by atoms with E-state index in [1.54, 1.807) is 42.5 Å². The topological polar surface area (TPSA) is 83.8 Å². The van der Waals surface area contributed by atoms with Gasteiger partial charge in [-0.2, -0.15) is 0 Å². The fourth-order valence-corrected chi connectivity index (χ4v) is 3.75. The predicted octanol–water partition coefficient (Wildman–Crippen LogP) is 5.57. The molecule has 0 unspecified atom stereocenters. The van der Waals surface area contributed by atoms with Gasteiger partial charge in [-0.15, -0.1) is 0 Å². The average Bonchev–Trinajstić information content (AvgIpc) is 2.83. The smallest absolute Gasteiger partial charge is 0.267 e. The third-order valence-corrected chi connectivity index (χ3v) is 5.52. The predicted molar refractivity (Wildman–Crippen MR) is 131 cm³/mol. The van der Waals surface area contributed by atoms with Gasteiger partial charge in [-0.1, -0.05) is 48.9 Å². The van der Waals surface area contributed by atoms with Crippen molar-refractivity contribution in [1.29, 1.82) is 0 Å². The van der Waals surface area contributed by atoms with Crippen LogP contribution in [0.5, 0.6) is 0 Å². The highest BCUT2D eigenvalue weighted by Crippen LogP contribution is 2.22. The molecule has 176 valence electrons. The number of benzene rings is 3. The molecule has 3 rings (SSSR count). The molecule has 0 radical (unpaired) electrons. The molecule has 7 nitrogen and oxygen atoms in total. The van der Waals surface area contributed by atoms with Crippen molar-refractivity contribution in [1.82, 2.24) is 10.0 Å². The molecular formula is C27H29N3O4. The van der Waals surface area contributed by atoms with E-state index in [9.17, 15) is 19.7 Å². The number of hydrogen-bond donors (Lipinski definition) is 0. The van der Waals surface area contributed by atoms with Crippen molar-refractivity contribution < 1.29 is 14.5 Å². The van der Waals surface area contributed by atoms with E-state index >= 15 is 0 Å². The summed E-state index contributed by atoms with van der Waals surface area (Å²) in [5, 5.41) is 14.1. The molecule has 3 aromatic carbocycles. The van der Waals surface area contributed by atoms with Crippen molar-refractivity contribution in [2.45, 2.75) is 46.7 Å². The molecule has 0 bridgehead atoms. The van der Waals surface area contributed by atoms with Crippen LogP contribution >= 0.6 is 0 Å². The molecule has 0 aromatic heterocycles. The summed E-state index contributed by atoms with van der Waals surface area (Å²) in [6.07, 6.45) is 0.843. The maximum Gasteiger partial charge on any atom is 0.272 e. The van der Waals surface area contributed by atoms with Crippen molar-refractivity contribution in [2.75, 3.05) is 0 Å². The van der Waals surface area contributed by atoms with Gasteiger partial charge in [0.25, 0.3) is 17.5 Å². The average molecular weight is 460 g/mol. The first-order valence-electron chi connectivity index (χ1n) is 11.3. The number of nitrogens with zero attached hydrogens (tertiary/aromatic N) is 3. The van der Waals surface area contributed by atoms with E-state index in [4.69, 9.17) is 0 Å². The molecule has 0 N–H and O–H groups in total. The second kappa shape index (κ2) is 10.7. The second-order valence-corrected chi connectivity index (χ2v) is 8.45. The third kappa shape index (κ3) is 5.67. The lowest BCUT2D eigenvalue weighted by molar-refractivity contribution is -0.384. The largest absolute Gasteiger partial charge is 0.272 e. The van der Waals surface area contributed by atoms with Crippen molar-refractivity contribution in [3.63, 3.8) is 0 Å². The first-order valence-corrected chi connectivity index (χ1v) is 11.3. The SMILES string of the molecule is CCc1ccc(C(=O)N(Cc2cccc([N+](=O)[O-])c2)N(C(=O)c2cccc(C)c2)C(C)C)cc1. The van der Waals surface area contributed by atoms with Crippen LogP contribution in [0.2, 0.25) is 0 Å². The summed E-state index contributed by atoms with van der Waals surface area (Å²) in [4.78, 5) is 38.1. The Morgan fingerprint density at radius 1 is 0.882 bits per heavy atom. The van der Waals surface area contributed by atoms with Gasteiger partial charge < -0.3 is 0 Å². The minimum absolute atomic E-state index is 0.00573. The van der Waals surface area contributed by atoms with Crippen molar-refractivity contribution in [2.24, 2.45) is 0 Å². The number of hydrogen-bond acceptors (Lipinski definition) is 4. The number of hydrazine groups is 1. The Balaban J connectivity index is 2.07. The Labute approximate surface area is 199 Å². The number of nitro groups is 1. The molecule has 0 spiro atoms. The van der Waals surface area contributed by atoms with Gasteiger partial charge >= 0.3 is 0 Å². The molecule has 2 amide bonds. The fraction of sp³-hybridized carbons (Fsp3) is 0.259. The number of amides is 2. The van der Waals surface area contributed by atoms with Crippen LogP contribution in [0.25, 0.3) is 0 Å². The number of rotatable bonds is 7. The third-order valence-electron chi connectivity index (χ3n) is 5.52. The summed E-state index contributed by atoms with van der Waals surface area (Å²) in [5.74, 6) is -0.675. The molecule has 0 aliphatic rings. The standard InChI is InChI=1S/C27H29N3O4/c1-5-21-12-14-23(15-13-21)26(31)28(18-22-9-7-11-25(17-22)30(33)34)29(19(2)3)27(32)24-10-6-8-20(4)16-24/h6-17,19H,5,18H2,1-4H3. The monoisotopic (exact) mass is 459 g/mol. The number of nitro benzene ring substituents is 1. The highest BCUT2D eigenvalue weighted by atomic mass is 16.6. The highest BCUT2D eigenvalue weighted by Gasteiger charge is 2.30. The number of carbonyl (C=O) groups is 2. The molecule has 0 saturated heterocycles. The summed E-state index contributed by atoms with van der Waals surface area (Å²) in [7, 11) is 0. The van der Waals surface area contributed by atoms with E-state index in [1.165, 1.54) is 22.2 Å². The minimum Gasteiger partial charge on any atom is -0.267 e. The highest BCUT2D eigenvalue weighted by molar-refractivity contribution is 5.99. The number of carbonyl (C=O) groups excluding carboxylic acids is 2. The van der Waals surface area contributed by atoms with Gasteiger partial charge in [-0.25, -0.2) is 10.0 Å². The van der Waals surface area contributed by atoms with Crippen LogP contribution in [0.4, 0.5) is 5.69 Å². The molecule has 0 aliphatic carbocycles. The Morgan fingerprint density at radius 2 is 1.56 bits per heavy atom. The summed E-state index contributed by atoms with van der Waals surface area (Å²) in [6, 6.07) is 20.3. The molecule has 3 aromatic rings. The van der Waals surface area contributed by atoms with Crippen LogP contribution in [0.3, 0.4) is 0 Å². The van der Waals surface area contributed by atoms with Gasteiger partial charge in [0.05, 0.1) is 11.5 Å². The Hall–Kier alpha value is -4.00. The lowest BCUT2D eigenvalue weighted by atomic mass is 10.1. The number of non-ortho nitro benzene ring substituents is 1. The molecule has 0 fully saturated rings. The van der Waals surface area contributed by atoms with Gasteiger partial charge in [0.2, 0.25) is 0 Å². The zero-order valence-corrected chi connectivity index (χ0v) is 19.9. The first-order chi connectivity index (χ1) is 16.2. The Morgan fingerprint density at radius 3 is 2.15 bits per heavy atom. The number of aryl methyl sites for hydroxylation is 2. The van der Waals surface area contributed by atoms with E-state index in [2.05, 4.69) is 0 Å². The quantitative estimate of drug-likeness (QED) is 0.341. The van der Waals surface area contributed by atoms with Gasteiger partial charge in [-0.3, -0.25) is 19.7 Å². The fourth-order valence-electron chi connectivity index (χ4n) is 3.75. The zero-order chi connectivity index (χ0) is 24.8. The van der Waals surface area contributed by atoms with Crippen molar-refractivity contribution in [3.05, 3.63) is 111 Å². The second-order valence-electron chi connectivity index (χ2n) is 8.45.